The zero-order valence-corrected chi connectivity index (χ0v) is 19.1. The first-order valence-electron chi connectivity index (χ1n) is 9.26. The lowest BCUT2D eigenvalue weighted by Crippen LogP contribution is -2.56. The summed E-state index contributed by atoms with van der Waals surface area (Å²) in [4.78, 5) is 29.8. The molecule has 0 saturated carbocycles. The van der Waals surface area contributed by atoms with Gasteiger partial charge in [-0.15, -0.1) is 0 Å². The van der Waals surface area contributed by atoms with Crippen LogP contribution in [0.2, 0.25) is 0 Å². The van der Waals surface area contributed by atoms with E-state index in [1.165, 1.54) is 35.0 Å². The van der Waals surface area contributed by atoms with Gasteiger partial charge in [0.1, 0.15) is 6.04 Å². The number of aliphatic carboxylic acids is 1. The Labute approximate surface area is 172 Å². The minimum atomic E-state index is -4.02. The number of rotatable bonds is 8. The van der Waals surface area contributed by atoms with E-state index in [1.807, 2.05) is 13.8 Å². The van der Waals surface area contributed by atoms with Gasteiger partial charge >= 0.3 is 5.97 Å². The Morgan fingerprint density at radius 3 is 2.24 bits per heavy atom. The van der Waals surface area contributed by atoms with Crippen molar-refractivity contribution in [3.63, 3.8) is 0 Å². The minimum absolute atomic E-state index is 0.0775. The molecule has 0 unspecified atom stereocenters. The summed E-state index contributed by atoms with van der Waals surface area (Å²) in [6.45, 7) is 10.5. The van der Waals surface area contributed by atoms with Gasteiger partial charge in [0.15, 0.2) is 5.03 Å². The highest BCUT2D eigenvalue weighted by Gasteiger charge is 2.39. The number of hydrogen-bond donors (Lipinski definition) is 2. The van der Waals surface area contributed by atoms with Gasteiger partial charge in [-0.3, -0.25) is 4.79 Å². The highest BCUT2D eigenvalue weighted by atomic mass is 32.2. The number of carboxylic acid groups (broad SMARTS) is 1. The van der Waals surface area contributed by atoms with Gasteiger partial charge in [0.2, 0.25) is 5.91 Å². The van der Waals surface area contributed by atoms with E-state index in [9.17, 15) is 23.1 Å². The number of imidazole rings is 1. The molecular formula is C19H32N4O5S. The summed E-state index contributed by atoms with van der Waals surface area (Å²) in [5.74, 6) is -1.60. The number of carbonyl (C=O) groups is 2. The third kappa shape index (κ3) is 6.40. The fourth-order valence-corrected chi connectivity index (χ4v) is 4.15. The third-order valence-electron chi connectivity index (χ3n) is 4.58. The molecule has 0 fully saturated rings. The molecule has 9 nitrogen and oxygen atoms in total. The fraction of sp³-hybridized carbons (Fsp3) is 0.632. The molecule has 0 spiro atoms. The van der Waals surface area contributed by atoms with Gasteiger partial charge in [0.05, 0.1) is 12.4 Å². The quantitative estimate of drug-likeness (QED) is 0.607. The number of aromatic nitrogens is 2. The van der Waals surface area contributed by atoms with Crippen LogP contribution < -0.4 is 4.72 Å². The molecule has 10 heteroatoms. The third-order valence-corrected chi connectivity index (χ3v) is 5.89. The standard InChI is InChI=1S/C19H32N4O5S/c1-12(2)14(9-13(3)18(25)26)23(8)17(24)16(19(4,5)6)21-29(27,28)15-10-22(7)11-20-15/h9-12,14,16,21H,1-8H3,(H,25,26)/b13-9+/t14-,16-/m1/s1. The van der Waals surface area contributed by atoms with Crippen LogP contribution in [0.1, 0.15) is 41.5 Å². The van der Waals surface area contributed by atoms with Crippen LogP contribution in [-0.2, 0) is 26.7 Å². The molecule has 1 heterocycles. The molecule has 1 amide bonds. The second kappa shape index (κ2) is 9.08. The van der Waals surface area contributed by atoms with Gasteiger partial charge in [-0.05, 0) is 18.3 Å². The second-order valence-electron chi connectivity index (χ2n) is 8.64. The Morgan fingerprint density at radius 2 is 1.86 bits per heavy atom. The zero-order chi connectivity index (χ0) is 22.7. The number of likely N-dealkylation sites (N-methyl/N-ethyl adjacent to an activating group) is 1. The molecule has 2 atom stereocenters. The highest BCUT2D eigenvalue weighted by Crippen LogP contribution is 2.25. The summed E-state index contributed by atoms with van der Waals surface area (Å²) in [7, 11) is -0.824. The lowest BCUT2D eigenvalue weighted by atomic mass is 9.86. The first kappa shape index (κ1) is 24.8. The monoisotopic (exact) mass is 428 g/mol. The van der Waals surface area contributed by atoms with Crippen molar-refractivity contribution in [3.05, 3.63) is 24.2 Å². The van der Waals surface area contributed by atoms with Crippen LogP contribution in [0.3, 0.4) is 0 Å². The summed E-state index contributed by atoms with van der Waals surface area (Å²) in [5, 5.41) is 9.01. The van der Waals surface area contributed by atoms with E-state index in [0.717, 1.165) is 0 Å². The van der Waals surface area contributed by atoms with Gasteiger partial charge in [-0.1, -0.05) is 40.7 Å². The number of nitrogens with one attached hydrogen (secondary N) is 1. The summed E-state index contributed by atoms with van der Waals surface area (Å²) in [5.41, 5.74) is -0.620. The maximum Gasteiger partial charge on any atom is 0.331 e. The lowest BCUT2D eigenvalue weighted by Gasteiger charge is -2.37. The van der Waals surface area contributed by atoms with Crippen LogP contribution in [0.5, 0.6) is 0 Å². The maximum atomic E-state index is 13.3. The summed E-state index contributed by atoms with van der Waals surface area (Å²) in [6.07, 6.45) is 4.23. The lowest BCUT2D eigenvalue weighted by molar-refractivity contribution is -0.136. The molecule has 0 radical (unpaired) electrons. The van der Waals surface area contributed by atoms with E-state index in [1.54, 1.807) is 34.9 Å². The number of carboxylic acids is 1. The molecule has 0 bridgehead atoms. The van der Waals surface area contributed by atoms with Crippen LogP contribution in [-0.4, -0.2) is 59.0 Å². The number of carbonyl (C=O) groups excluding carboxylic acids is 1. The van der Waals surface area contributed by atoms with Crippen molar-refractivity contribution in [1.82, 2.24) is 19.2 Å². The van der Waals surface area contributed by atoms with Gasteiger partial charge in [0, 0.05) is 25.9 Å². The molecule has 1 aromatic rings. The van der Waals surface area contributed by atoms with E-state index in [-0.39, 0.29) is 16.5 Å². The number of hydrogen-bond acceptors (Lipinski definition) is 5. The van der Waals surface area contributed by atoms with Crippen molar-refractivity contribution in [2.45, 2.75) is 58.7 Å². The molecule has 0 aliphatic rings. The predicted molar refractivity (Wildman–Crippen MR) is 110 cm³/mol. The molecule has 2 N–H and O–H groups in total. The second-order valence-corrected chi connectivity index (χ2v) is 10.3. The Balaban J connectivity index is 3.28. The highest BCUT2D eigenvalue weighted by molar-refractivity contribution is 7.89. The van der Waals surface area contributed by atoms with Crippen molar-refractivity contribution < 1.29 is 23.1 Å². The summed E-state index contributed by atoms with van der Waals surface area (Å²) < 4.78 is 29.5. The Hall–Kier alpha value is -2.20. The first-order valence-corrected chi connectivity index (χ1v) is 10.7. The molecule has 1 rings (SSSR count). The number of nitrogens with zero attached hydrogens (tertiary/aromatic N) is 3. The van der Waals surface area contributed by atoms with Gasteiger partial charge in [-0.25, -0.2) is 18.2 Å². The van der Waals surface area contributed by atoms with Crippen molar-refractivity contribution >= 4 is 21.9 Å². The Bertz CT molecular complexity index is 881. The van der Waals surface area contributed by atoms with E-state index >= 15 is 0 Å². The predicted octanol–water partition coefficient (Wildman–Crippen LogP) is 1.63. The first-order chi connectivity index (χ1) is 13.1. The van der Waals surface area contributed by atoms with Crippen LogP contribution in [0.15, 0.2) is 29.2 Å². The fourth-order valence-electron chi connectivity index (χ4n) is 2.77. The summed E-state index contributed by atoms with van der Waals surface area (Å²) >= 11 is 0. The van der Waals surface area contributed by atoms with E-state index in [4.69, 9.17) is 0 Å². The number of sulfonamides is 1. The number of amides is 1. The van der Waals surface area contributed by atoms with Crippen LogP contribution in [0, 0.1) is 11.3 Å². The van der Waals surface area contributed by atoms with Crippen molar-refractivity contribution in [2.24, 2.45) is 18.4 Å². The molecule has 29 heavy (non-hydrogen) atoms. The number of aryl methyl sites for hydroxylation is 1. The average Bonchev–Trinajstić information content (AvgIpc) is 3.02. The summed E-state index contributed by atoms with van der Waals surface area (Å²) in [6, 6.07) is -1.58. The molecule has 0 aliphatic heterocycles. The normalized spacial score (nSPS) is 15.3. The average molecular weight is 429 g/mol. The SMILES string of the molecule is C/C(=C\[C@H](C(C)C)N(C)C(=O)[C@@H](NS(=O)(=O)c1cn(C)cn1)C(C)(C)C)C(=O)O. The van der Waals surface area contributed by atoms with Crippen LogP contribution in [0.25, 0.3) is 0 Å². The Morgan fingerprint density at radius 1 is 1.31 bits per heavy atom. The van der Waals surface area contributed by atoms with Gasteiger partial charge in [-0.2, -0.15) is 4.72 Å². The molecule has 0 saturated heterocycles. The zero-order valence-electron chi connectivity index (χ0n) is 18.3. The van der Waals surface area contributed by atoms with Gasteiger partial charge < -0.3 is 14.6 Å². The van der Waals surface area contributed by atoms with Crippen LogP contribution in [0.4, 0.5) is 0 Å². The molecule has 0 aromatic carbocycles. The minimum Gasteiger partial charge on any atom is -0.478 e. The molecule has 0 aliphatic carbocycles. The van der Waals surface area contributed by atoms with E-state index < -0.39 is 39.4 Å². The Kier molecular flexibility index (Phi) is 7.78. The van der Waals surface area contributed by atoms with Crippen LogP contribution >= 0.6 is 0 Å². The maximum absolute atomic E-state index is 13.3. The van der Waals surface area contributed by atoms with Crippen molar-refractivity contribution in [1.29, 1.82) is 0 Å². The van der Waals surface area contributed by atoms with Crippen molar-refractivity contribution in [3.8, 4) is 0 Å². The van der Waals surface area contributed by atoms with Crippen molar-refractivity contribution in [2.75, 3.05) is 7.05 Å². The molecular weight excluding hydrogens is 396 g/mol. The largest absolute Gasteiger partial charge is 0.478 e. The van der Waals surface area contributed by atoms with Gasteiger partial charge in [0.25, 0.3) is 10.0 Å². The topological polar surface area (TPSA) is 122 Å². The van der Waals surface area contributed by atoms with E-state index in [0.29, 0.717) is 0 Å². The molecule has 1 aromatic heterocycles. The smallest absolute Gasteiger partial charge is 0.331 e. The molecule has 164 valence electrons. The van der Waals surface area contributed by atoms with E-state index in [2.05, 4.69) is 9.71 Å².